The molecule has 2 fully saturated rings. The van der Waals surface area contributed by atoms with E-state index < -0.39 is 46.9 Å². The monoisotopic (exact) mass is 577 g/mol. The van der Waals surface area contributed by atoms with E-state index in [-0.39, 0.29) is 11.1 Å². The maximum absolute atomic E-state index is 14.1. The van der Waals surface area contributed by atoms with Gasteiger partial charge in [0, 0.05) is 15.6 Å². The second kappa shape index (κ2) is 8.66. The van der Waals surface area contributed by atoms with Gasteiger partial charge in [0.25, 0.3) is 0 Å². The lowest BCUT2D eigenvalue weighted by Crippen LogP contribution is -2.51. The number of ketones is 2. The molecule has 4 aromatic carbocycles. The van der Waals surface area contributed by atoms with Crippen molar-refractivity contribution in [3.8, 4) is 11.1 Å². The molecule has 1 spiro atoms. The van der Waals surface area contributed by atoms with Crippen molar-refractivity contribution in [2.75, 3.05) is 4.90 Å². The topological polar surface area (TPSA) is 80.8 Å². The van der Waals surface area contributed by atoms with Gasteiger partial charge in [0.15, 0.2) is 0 Å². The summed E-state index contributed by atoms with van der Waals surface area (Å²) in [4.78, 5) is 57.0. The number of nitrogens with zero attached hydrogens (tertiary/aromatic N) is 1. The number of fused-ring (bicyclic) bond motifs is 3. The fourth-order valence-corrected chi connectivity index (χ4v) is 6.42. The predicted octanol–water partition coefficient (Wildman–Crippen LogP) is 5.81. The number of hydrogen-bond donors (Lipinski definition) is 0. The molecule has 0 N–H and O–H groups in total. The lowest BCUT2D eigenvalue weighted by atomic mass is 9.77. The van der Waals surface area contributed by atoms with Crippen molar-refractivity contribution in [2.24, 2.45) is 11.8 Å². The minimum Gasteiger partial charge on any atom is -0.349 e. The second-order valence-electron chi connectivity index (χ2n) is 9.96. The zero-order valence-corrected chi connectivity index (χ0v) is 22.0. The molecule has 0 unspecified atom stereocenters. The van der Waals surface area contributed by atoms with Crippen LogP contribution in [0.5, 0.6) is 0 Å². The molecule has 190 valence electrons. The number of imide groups is 1. The largest absolute Gasteiger partial charge is 0.349 e. The molecule has 7 heteroatoms. The van der Waals surface area contributed by atoms with Gasteiger partial charge in [-0.15, -0.1) is 0 Å². The van der Waals surface area contributed by atoms with Crippen LogP contribution in [0.15, 0.2) is 108 Å². The molecule has 0 saturated carbocycles. The van der Waals surface area contributed by atoms with Gasteiger partial charge in [0.1, 0.15) is 0 Å². The molecule has 3 atom stereocenters. The molecule has 6 nitrogen and oxygen atoms in total. The van der Waals surface area contributed by atoms with Crippen LogP contribution in [0.4, 0.5) is 5.69 Å². The van der Waals surface area contributed by atoms with Crippen molar-refractivity contribution in [1.82, 2.24) is 0 Å². The van der Waals surface area contributed by atoms with Crippen LogP contribution in [0.1, 0.15) is 32.4 Å². The van der Waals surface area contributed by atoms with E-state index >= 15 is 0 Å². The number of amides is 2. The van der Waals surface area contributed by atoms with Crippen LogP contribution >= 0.6 is 15.9 Å². The van der Waals surface area contributed by atoms with Crippen LogP contribution in [0.3, 0.4) is 0 Å². The Morgan fingerprint density at radius 2 is 1.21 bits per heavy atom. The first-order chi connectivity index (χ1) is 18.9. The van der Waals surface area contributed by atoms with E-state index in [1.807, 2.05) is 42.5 Å². The minimum absolute atomic E-state index is 0.212. The van der Waals surface area contributed by atoms with Gasteiger partial charge < -0.3 is 4.74 Å². The van der Waals surface area contributed by atoms with Crippen molar-refractivity contribution in [3.63, 3.8) is 0 Å². The van der Waals surface area contributed by atoms with Gasteiger partial charge in [-0.25, -0.2) is 4.90 Å². The Balaban J connectivity index is 1.34. The molecule has 2 amide bonds. The highest BCUT2D eigenvalue weighted by atomic mass is 79.9. The number of hydrogen-bond acceptors (Lipinski definition) is 5. The first-order valence-corrected chi connectivity index (χ1v) is 13.4. The Morgan fingerprint density at radius 1 is 0.641 bits per heavy atom. The normalized spacial score (nSPS) is 23.0. The molecular weight excluding hydrogens is 558 g/mol. The number of carbonyl (C=O) groups is 4. The fraction of sp³-hybridized carbons (Fsp3) is 0.125. The predicted molar refractivity (Wildman–Crippen MR) is 147 cm³/mol. The van der Waals surface area contributed by atoms with E-state index in [0.717, 1.165) is 20.5 Å². The Hall–Kier alpha value is -4.20. The molecule has 4 aromatic rings. The quantitative estimate of drug-likeness (QED) is 0.227. The van der Waals surface area contributed by atoms with Crippen LogP contribution in [0.25, 0.3) is 11.1 Å². The summed E-state index contributed by atoms with van der Waals surface area (Å²) < 4.78 is 7.15. The zero-order chi connectivity index (χ0) is 26.9. The Labute approximate surface area is 232 Å². The van der Waals surface area contributed by atoms with Gasteiger partial charge in [-0.3, -0.25) is 19.2 Å². The lowest BCUT2D eigenvalue weighted by molar-refractivity contribution is -0.127. The maximum atomic E-state index is 14.1. The average molecular weight is 578 g/mol. The van der Waals surface area contributed by atoms with E-state index in [9.17, 15) is 19.2 Å². The van der Waals surface area contributed by atoms with E-state index in [0.29, 0.717) is 11.3 Å². The number of carbonyl (C=O) groups excluding carboxylic acids is 4. The molecule has 2 heterocycles. The fourth-order valence-electron chi connectivity index (χ4n) is 6.16. The summed E-state index contributed by atoms with van der Waals surface area (Å²) in [5.41, 5.74) is 1.28. The Morgan fingerprint density at radius 3 is 1.82 bits per heavy atom. The minimum atomic E-state index is -2.09. The third-order valence-corrected chi connectivity index (χ3v) is 8.48. The SMILES string of the molecule is O=C1[C@H]2[C@@H](c3ccc(Br)cc3)OC3(C(=O)c4ccccc4C3=O)[C@H]2C(=O)N1c1ccc(-c2ccccc2)cc1. The summed E-state index contributed by atoms with van der Waals surface area (Å²) in [6, 6.07) is 30.5. The van der Waals surface area contributed by atoms with Crippen molar-refractivity contribution in [2.45, 2.75) is 11.7 Å². The third-order valence-electron chi connectivity index (χ3n) is 7.95. The third kappa shape index (κ3) is 3.30. The highest BCUT2D eigenvalue weighted by molar-refractivity contribution is 9.10. The van der Waals surface area contributed by atoms with E-state index in [1.165, 1.54) is 0 Å². The molecule has 0 radical (unpaired) electrons. The summed E-state index contributed by atoms with van der Waals surface area (Å²) in [7, 11) is 0. The van der Waals surface area contributed by atoms with Gasteiger partial charge in [-0.2, -0.15) is 0 Å². The highest BCUT2D eigenvalue weighted by Gasteiger charge is 2.74. The number of rotatable bonds is 3. The maximum Gasteiger partial charge on any atom is 0.241 e. The molecule has 0 aromatic heterocycles. The molecule has 2 saturated heterocycles. The van der Waals surface area contributed by atoms with Crippen molar-refractivity contribution in [3.05, 3.63) is 124 Å². The van der Waals surface area contributed by atoms with E-state index in [1.54, 1.807) is 60.7 Å². The summed E-state index contributed by atoms with van der Waals surface area (Å²) in [6.45, 7) is 0. The van der Waals surface area contributed by atoms with Gasteiger partial charge in [0.2, 0.25) is 29.0 Å². The molecule has 3 aliphatic rings. The molecule has 1 aliphatic carbocycles. The molecule has 2 aliphatic heterocycles. The van der Waals surface area contributed by atoms with Gasteiger partial charge in [-0.1, -0.05) is 94.8 Å². The van der Waals surface area contributed by atoms with E-state index in [4.69, 9.17) is 4.74 Å². The first kappa shape index (κ1) is 23.9. The Bertz CT molecular complexity index is 1650. The van der Waals surface area contributed by atoms with Gasteiger partial charge >= 0.3 is 0 Å². The smallest absolute Gasteiger partial charge is 0.241 e. The summed E-state index contributed by atoms with van der Waals surface area (Å²) in [6.07, 6.45) is -0.949. The number of ether oxygens (including phenoxy) is 1. The van der Waals surface area contributed by atoms with Crippen LogP contribution in [0.2, 0.25) is 0 Å². The summed E-state index contributed by atoms with van der Waals surface area (Å²) in [5.74, 6) is -4.54. The number of Topliss-reactive ketones (excluding diaryl/α,β-unsaturated/α-hetero) is 2. The van der Waals surface area contributed by atoms with E-state index in [2.05, 4.69) is 15.9 Å². The standard InChI is InChI=1S/C32H20BrNO5/c33-21-14-10-20(11-15-21)27-25-26(32(39-27)28(35)23-8-4-5-9-24(23)29(32)36)31(38)34(30(25)37)22-16-12-19(13-17-22)18-6-2-1-3-7-18/h1-17,25-27H/t25-,26-,27-/m1/s1. The average Bonchev–Trinajstić information content (AvgIpc) is 3.54. The number of halogens is 1. The van der Waals surface area contributed by atoms with Crippen molar-refractivity contribution >= 4 is 45.0 Å². The van der Waals surface area contributed by atoms with Crippen LogP contribution < -0.4 is 4.90 Å². The van der Waals surface area contributed by atoms with Gasteiger partial charge in [-0.05, 0) is 41.0 Å². The van der Waals surface area contributed by atoms with Crippen LogP contribution in [-0.4, -0.2) is 29.0 Å². The molecule has 39 heavy (non-hydrogen) atoms. The molecule has 0 bridgehead atoms. The Kier molecular flexibility index (Phi) is 5.30. The molecule has 7 rings (SSSR count). The van der Waals surface area contributed by atoms with Crippen molar-refractivity contribution in [1.29, 1.82) is 0 Å². The second-order valence-corrected chi connectivity index (χ2v) is 10.9. The zero-order valence-electron chi connectivity index (χ0n) is 20.4. The van der Waals surface area contributed by atoms with Gasteiger partial charge in [0.05, 0.1) is 23.6 Å². The van der Waals surface area contributed by atoms with Crippen LogP contribution in [-0.2, 0) is 14.3 Å². The highest BCUT2D eigenvalue weighted by Crippen LogP contribution is 2.57. The van der Waals surface area contributed by atoms with Crippen molar-refractivity contribution < 1.29 is 23.9 Å². The number of anilines is 1. The number of benzene rings is 4. The summed E-state index contributed by atoms with van der Waals surface area (Å²) in [5, 5.41) is 0. The lowest BCUT2D eigenvalue weighted by Gasteiger charge is -2.27. The van der Waals surface area contributed by atoms with Crippen LogP contribution in [0, 0.1) is 11.8 Å². The molecular formula is C32H20BrNO5. The first-order valence-electron chi connectivity index (χ1n) is 12.6. The summed E-state index contributed by atoms with van der Waals surface area (Å²) >= 11 is 3.41.